The second-order valence-electron chi connectivity index (χ2n) is 6.17. The third kappa shape index (κ3) is 3.11. The molecule has 19 heavy (non-hydrogen) atoms. The molecule has 1 N–H and O–H groups in total. The Labute approximate surface area is 117 Å². The number of nitrogens with zero attached hydrogens (tertiary/aromatic N) is 1. The summed E-state index contributed by atoms with van der Waals surface area (Å²) in [7, 11) is 0. The highest BCUT2D eigenvalue weighted by molar-refractivity contribution is 5.56. The third-order valence-corrected chi connectivity index (χ3v) is 4.67. The summed E-state index contributed by atoms with van der Waals surface area (Å²) in [5, 5.41) is 3.44. The largest absolute Gasteiger partial charge is 0.384 e. The van der Waals surface area contributed by atoms with E-state index in [1.807, 2.05) is 0 Å². The summed E-state index contributed by atoms with van der Waals surface area (Å²) in [6.45, 7) is 6.11. The zero-order valence-corrected chi connectivity index (χ0v) is 12.1. The number of likely N-dealkylation sites (tertiary alicyclic amines) is 1. The molecule has 2 nitrogen and oxygen atoms in total. The van der Waals surface area contributed by atoms with E-state index in [0.717, 1.165) is 6.54 Å². The van der Waals surface area contributed by atoms with Crippen LogP contribution in [-0.4, -0.2) is 30.6 Å². The van der Waals surface area contributed by atoms with Gasteiger partial charge in [-0.15, -0.1) is 0 Å². The number of nitrogens with one attached hydrogen (secondary N) is 1. The Morgan fingerprint density at radius 3 is 2.74 bits per heavy atom. The topological polar surface area (TPSA) is 15.3 Å². The van der Waals surface area contributed by atoms with E-state index in [0.29, 0.717) is 6.04 Å². The van der Waals surface area contributed by atoms with Crippen LogP contribution in [0.4, 0.5) is 5.69 Å². The van der Waals surface area contributed by atoms with E-state index in [9.17, 15) is 0 Å². The summed E-state index contributed by atoms with van der Waals surface area (Å²) in [5.41, 5.74) is 4.38. The zero-order chi connectivity index (χ0) is 13.1. The van der Waals surface area contributed by atoms with Crippen LogP contribution in [0.1, 0.15) is 43.7 Å². The van der Waals surface area contributed by atoms with Gasteiger partial charge in [0, 0.05) is 18.3 Å². The monoisotopic (exact) mass is 258 g/mol. The Morgan fingerprint density at radius 1 is 1.16 bits per heavy atom. The molecule has 1 aromatic rings. The van der Waals surface area contributed by atoms with Crippen molar-refractivity contribution in [3.05, 3.63) is 29.3 Å². The van der Waals surface area contributed by atoms with E-state index in [2.05, 4.69) is 35.3 Å². The van der Waals surface area contributed by atoms with Crippen LogP contribution in [0, 0.1) is 0 Å². The van der Waals surface area contributed by atoms with E-state index in [1.54, 1.807) is 0 Å². The molecular weight excluding hydrogens is 232 g/mol. The third-order valence-electron chi connectivity index (χ3n) is 4.67. The summed E-state index contributed by atoms with van der Waals surface area (Å²) < 4.78 is 0. The Hall–Kier alpha value is -1.02. The van der Waals surface area contributed by atoms with Gasteiger partial charge in [-0.05, 0) is 62.9 Å². The fourth-order valence-electron chi connectivity index (χ4n) is 3.49. The smallest absolute Gasteiger partial charge is 0.0373 e. The van der Waals surface area contributed by atoms with Crippen molar-refractivity contribution in [1.82, 2.24) is 4.90 Å². The van der Waals surface area contributed by atoms with Gasteiger partial charge in [-0.3, -0.25) is 0 Å². The van der Waals surface area contributed by atoms with E-state index in [-0.39, 0.29) is 0 Å². The van der Waals surface area contributed by atoms with Crippen molar-refractivity contribution in [2.75, 3.05) is 25.0 Å². The van der Waals surface area contributed by atoms with Crippen LogP contribution >= 0.6 is 0 Å². The fraction of sp³-hybridized carbons (Fsp3) is 0.647. The van der Waals surface area contributed by atoms with E-state index in [4.69, 9.17) is 0 Å². The summed E-state index contributed by atoms with van der Waals surface area (Å²) in [6, 6.07) is 7.69. The number of rotatable bonds is 3. The average molecular weight is 258 g/mol. The molecule has 2 heteroatoms. The molecule has 2 aliphatic rings. The lowest BCUT2D eigenvalue weighted by atomic mass is 10.0. The molecule has 2 heterocycles. The summed E-state index contributed by atoms with van der Waals surface area (Å²) in [6.07, 6.45) is 8.02. The van der Waals surface area contributed by atoms with E-state index in [1.165, 1.54) is 68.4 Å². The van der Waals surface area contributed by atoms with Crippen LogP contribution in [0.25, 0.3) is 0 Å². The SMILES string of the molecule is CC(Cc1ccc2c(c1)CCN2)N1CCCCCC1. The van der Waals surface area contributed by atoms with Crippen LogP contribution in [0.5, 0.6) is 0 Å². The molecule has 1 saturated heterocycles. The molecule has 0 aromatic heterocycles. The van der Waals surface area contributed by atoms with Gasteiger partial charge in [-0.2, -0.15) is 0 Å². The Bertz CT molecular complexity index is 419. The first-order valence-electron chi connectivity index (χ1n) is 7.92. The lowest BCUT2D eigenvalue weighted by Crippen LogP contribution is -2.35. The maximum atomic E-state index is 3.44. The van der Waals surface area contributed by atoms with Crippen LogP contribution in [0.2, 0.25) is 0 Å². The zero-order valence-electron chi connectivity index (χ0n) is 12.1. The molecule has 0 aliphatic carbocycles. The lowest BCUT2D eigenvalue weighted by molar-refractivity contribution is 0.216. The van der Waals surface area contributed by atoms with Gasteiger partial charge in [0.1, 0.15) is 0 Å². The van der Waals surface area contributed by atoms with Crippen molar-refractivity contribution < 1.29 is 0 Å². The first-order chi connectivity index (χ1) is 9.33. The van der Waals surface area contributed by atoms with Crippen molar-refractivity contribution in [2.24, 2.45) is 0 Å². The van der Waals surface area contributed by atoms with Crippen LogP contribution in [-0.2, 0) is 12.8 Å². The van der Waals surface area contributed by atoms with Crippen LogP contribution in [0.3, 0.4) is 0 Å². The molecule has 3 rings (SSSR count). The number of hydrogen-bond acceptors (Lipinski definition) is 2. The maximum Gasteiger partial charge on any atom is 0.0373 e. The minimum absolute atomic E-state index is 0.686. The van der Waals surface area contributed by atoms with Crippen molar-refractivity contribution in [2.45, 2.75) is 51.5 Å². The molecule has 1 unspecified atom stereocenters. The van der Waals surface area contributed by atoms with E-state index < -0.39 is 0 Å². The van der Waals surface area contributed by atoms with Gasteiger partial charge in [-0.1, -0.05) is 25.0 Å². The molecule has 0 saturated carbocycles. The van der Waals surface area contributed by atoms with Gasteiger partial charge in [0.15, 0.2) is 0 Å². The molecule has 104 valence electrons. The molecule has 0 radical (unpaired) electrons. The highest BCUT2D eigenvalue weighted by atomic mass is 15.1. The molecule has 0 amide bonds. The number of benzene rings is 1. The Morgan fingerprint density at radius 2 is 1.95 bits per heavy atom. The van der Waals surface area contributed by atoms with Crippen molar-refractivity contribution in [3.63, 3.8) is 0 Å². The van der Waals surface area contributed by atoms with Gasteiger partial charge in [0.05, 0.1) is 0 Å². The standard InChI is InChI=1S/C17H26N2/c1-14(19-10-4-2-3-5-11-19)12-15-6-7-17-16(13-15)8-9-18-17/h6-7,13-14,18H,2-5,8-12H2,1H3. The van der Waals surface area contributed by atoms with Gasteiger partial charge >= 0.3 is 0 Å². The van der Waals surface area contributed by atoms with Gasteiger partial charge < -0.3 is 10.2 Å². The predicted molar refractivity (Wildman–Crippen MR) is 81.8 cm³/mol. The summed E-state index contributed by atoms with van der Waals surface area (Å²) in [5.74, 6) is 0. The summed E-state index contributed by atoms with van der Waals surface area (Å²) in [4.78, 5) is 2.69. The second kappa shape index (κ2) is 5.96. The quantitative estimate of drug-likeness (QED) is 0.893. The molecule has 1 atom stereocenters. The normalized spacial score (nSPS) is 21.5. The van der Waals surface area contributed by atoms with Gasteiger partial charge in [0.2, 0.25) is 0 Å². The Balaban J connectivity index is 1.63. The molecule has 0 spiro atoms. The molecule has 0 bridgehead atoms. The van der Waals surface area contributed by atoms with Crippen molar-refractivity contribution in [1.29, 1.82) is 0 Å². The van der Waals surface area contributed by atoms with Crippen molar-refractivity contribution in [3.8, 4) is 0 Å². The molecule has 1 fully saturated rings. The minimum Gasteiger partial charge on any atom is -0.384 e. The van der Waals surface area contributed by atoms with Gasteiger partial charge in [0.25, 0.3) is 0 Å². The number of fused-ring (bicyclic) bond motifs is 1. The molecule has 1 aromatic carbocycles. The second-order valence-corrected chi connectivity index (χ2v) is 6.17. The van der Waals surface area contributed by atoms with Crippen LogP contribution < -0.4 is 5.32 Å². The first kappa shape index (κ1) is 13.0. The molecular formula is C17H26N2. The highest BCUT2D eigenvalue weighted by Crippen LogP contribution is 2.24. The minimum atomic E-state index is 0.686. The van der Waals surface area contributed by atoms with E-state index >= 15 is 0 Å². The predicted octanol–water partition coefficient (Wildman–Crippen LogP) is 3.46. The fourth-order valence-corrected chi connectivity index (χ4v) is 3.49. The summed E-state index contributed by atoms with van der Waals surface area (Å²) >= 11 is 0. The number of hydrogen-bond donors (Lipinski definition) is 1. The Kier molecular flexibility index (Phi) is 4.07. The lowest BCUT2D eigenvalue weighted by Gasteiger charge is -2.27. The van der Waals surface area contributed by atoms with Crippen molar-refractivity contribution >= 4 is 5.69 Å². The molecule has 2 aliphatic heterocycles. The average Bonchev–Trinajstić information content (AvgIpc) is 2.71. The highest BCUT2D eigenvalue weighted by Gasteiger charge is 2.17. The van der Waals surface area contributed by atoms with Crippen LogP contribution in [0.15, 0.2) is 18.2 Å². The number of anilines is 1. The maximum absolute atomic E-state index is 3.44. The van der Waals surface area contributed by atoms with Gasteiger partial charge in [-0.25, -0.2) is 0 Å². The first-order valence-corrected chi connectivity index (χ1v) is 7.92.